The van der Waals surface area contributed by atoms with E-state index in [0.29, 0.717) is 12.1 Å². The van der Waals surface area contributed by atoms with E-state index in [2.05, 4.69) is 15.3 Å². The number of benzene rings is 2. The fourth-order valence-corrected chi connectivity index (χ4v) is 3.77. The highest BCUT2D eigenvalue weighted by atomic mass is 32.2. The van der Waals surface area contributed by atoms with Crippen LogP contribution in [0.3, 0.4) is 0 Å². The minimum absolute atomic E-state index is 0.116. The number of aryl methyl sites for hydroxylation is 1. The quantitative estimate of drug-likeness (QED) is 0.494. The van der Waals surface area contributed by atoms with Gasteiger partial charge in [-0.2, -0.15) is 0 Å². The minimum atomic E-state index is -0.116. The molecule has 6 nitrogen and oxygen atoms in total. The number of hydrogen-bond donors (Lipinski definition) is 1. The fourth-order valence-electron chi connectivity index (χ4n) is 3.24. The SMILES string of the molecule is CSc1nccn1-c1cccc(C(=O)NCc2ccccc2-n2ccnc2C)c1. The lowest BCUT2D eigenvalue weighted by Gasteiger charge is -2.13. The van der Waals surface area contributed by atoms with Crippen LogP contribution in [0.2, 0.25) is 0 Å². The summed E-state index contributed by atoms with van der Waals surface area (Å²) in [4.78, 5) is 21.4. The summed E-state index contributed by atoms with van der Waals surface area (Å²) in [5, 5.41) is 3.92. The number of para-hydroxylation sites is 1. The first-order valence-electron chi connectivity index (χ1n) is 9.21. The van der Waals surface area contributed by atoms with Gasteiger partial charge in [0.2, 0.25) is 0 Å². The van der Waals surface area contributed by atoms with Crippen LogP contribution in [0.5, 0.6) is 0 Å². The second-order valence-corrected chi connectivity index (χ2v) is 7.26. The van der Waals surface area contributed by atoms with Gasteiger partial charge in [0, 0.05) is 42.6 Å². The van der Waals surface area contributed by atoms with Crippen LogP contribution < -0.4 is 5.32 Å². The van der Waals surface area contributed by atoms with E-state index in [9.17, 15) is 4.79 Å². The number of carbonyl (C=O) groups is 1. The molecule has 2 aromatic carbocycles. The molecule has 0 fully saturated rings. The highest BCUT2D eigenvalue weighted by molar-refractivity contribution is 7.98. The topological polar surface area (TPSA) is 64.7 Å². The molecule has 0 aliphatic heterocycles. The van der Waals surface area contributed by atoms with Crippen molar-refractivity contribution < 1.29 is 4.79 Å². The summed E-state index contributed by atoms with van der Waals surface area (Å²) in [5.41, 5.74) is 3.56. The molecule has 1 amide bonds. The van der Waals surface area contributed by atoms with Crippen LogP contribution in [0, 0.1) is 6.92 Å². The number of hydrogen-bond acceptors (Lipinski definition) is 4. The Bertz CT molecular complexity index is 1150. The minimum Gasteiger partial charge on any atom is -0.348 e. The van der Waals surface area contributed by atoms with E-state index < -0.39 is 0 Å². The summed E-state index contributed by atoms with van der Waals surface area (Å²) in [6.45, 7) is 2.39. The molecule has 0 radical (unpaired) electrons. The van der Waals surface area contributed by atoms with Gasteiger partial charge in [-0.05, 0) is 43.0 Å². The van der Waals surface area contributed by atoms with Gasteiger partial charge in [0.1, 0.15) is 5.82 Å². The van der Waals surface area contributed by atoms with Crippen LogP contribution in [0.4, 0.5) is 0 Å². The second kappa shape index (κ2) is 8.36. The summed E-state index contributed by atoms with van der Waals surface area (Å²) >= 11 is 1.56. The Labute approximate surface area is 173 Å². The van der Waals surface area contributed by atoms with Gasteiger partial charge >= 0.3 is 0 Å². The molecule has 0 spiro atoms. The lowest BCUT2D eigenvalue weighted by atomic mass is 10.1. The normalized spacial score (nSPS) is 10.8. The molecule has 2 aromatic heterocycles. The third-order valence-corrected chi connectivity index (χ3v) is 5.36. The highest BCUT2D eigenvalue weighted by Crippen LogP contribution is 2.19. The maximum Gasteiger partial charge on any atom is 0.251 e. The fraction of sp³-hybridized carbons (Fsp3) is 0.136. The van der Waals surface area contributed by atoms with Crippen LogP contribution in [0.15, 0.2) is 78.5 Å². The summed E-state index contributed by atoms with van der Waals surface area (Å²) < 4.78 is 3.99. The third-order valence-electron chi connectivity index (χ3n) is 4.69. The van der Waals surface area contributed by atoms with Gasteiger partial charge in [-0.1, -0.05) is 36.0 Å². The molecule has 1 N–H and O–H groups in total. The Hall–Kier alpha value is -3.32. The molecule has 2 heterocycles. The lowest BCUT2D eigenvalue weighted by Crippen LogP contribution is -2.23. The van der Waals surface area contributed by atoms with Crippen molar-refractivity contribution >= 4 is 17.7 Å². The standard InChI is InChI=1S/C22H21N5OS/c1-16-23-10-12-26(16)20-9-4-3-6-18(20)15-25-21(28)17-7-5-8-19(14-17)27-13-11-24-22(27)29-2/h3-14H,15H2,1-2H3,(H,25,28). The van der Waals surface area contributed by atoms with Crippen molar-refractivity contribution in [2.45, 2.75) is 18.6 Å². The van der Waals surface area contributed by atoms with Gasteiger partial charge in [-0.25, -0.2) is 9.97 Å². The Balaban J connectivity index is 1.53. The average Bonchev–Trinajstić information content (AvgIpc) is 3.41. The molecule has 0 saturated carbocycles. The predicted octanol–water partition coefficient (Wildman–Crippen LogP) is 4.02. The van der Waals surface area contributed by atoms with Crippen LogP contribution in [0.1, 0.15) is 21.7 Å². The number of aromatic nitrogens is 4. The van der Waals surface area contributed by atoms with Crippen molar-refractivity contribution in [3.05, 3.63) is 90.3 Å². The van der Waals surface area contributed by atoms with Crippen LogP contribution >= 0.6 is 11.8 Å². The van der Waals surface area contributed by atoms with Crippen molar-refractivity contribution in [2.75, 3.05) is 6.26 Å². The summed E-state index contributed by atoms with van der Waals surface area (Å²) in [6.07, 6.45) is 9.33. The molecular formula is C22H21N5OS. The summed E-state index contributed by atoms with van der Waals surface area (Å²) in [5.74, 6) is 0.788. The van der Waals surface area contributed by atoms with Gasteiger partial charge in [-0.15, -0.1) is 0 Å². The van der Waals surface area contributed by atoms with E-state index in [1.807, 2.05) is 83.2 Å². The first kappa shape index (κ1) is 19.0. The highest BCUT2D eigenvalue weighted by Gasteiger charge is 2.11. The molecule has 4 aromatic rings. The molecule has 0 aliphatic carbocycles. The molecule has 0 saturated heterocycles. The molecular weight excluding hydrogens is 382 g/mol. The first-order valence-corrected chi connectivity index (χ1v) is 10.4. The van der Waals surface area contributed by atoms with Crippen LogP contribution in [-0.2, 0) is 6.54 Å². The molecule has 0 bridgehead atoms. The molecule has 7 heteroatoms. The van der Waals surface area contributed by atoms with Crippen molar-refractivity contribution in [3.8, 4) is 11.4 Å². The lowest BCUT2D eigenvalue weighted by molar-refractivity contribution is 0.0951. The van der Waals surface area contributed by atoms with Crippen molar-refractivity contribution in [1.82, 2.24) is 24.4 Å². The van der Waals surface area contributed by atoms with Gasteiger partial charge in [-0.3, -0.25) is 9.36 Å². The maximum absolute atomic E-state index is 12.8. The summed E-state index contributed by atoms with van der Waals surface area (Å²) in [6, 6.07) is 15.6. The summed E-state index contributed by atoms with van der Waals surface area (Å²) in [7, 11) is 0. The van der Waals surface area contributed by atoms with E-state index in [1.165, 1.54) is 0 Å². The molecule has 0 atom stereocenters. The number of nitrogens with one attached hydrogen (secondary N) is 1. The number of carbonyl (C=O) groups excluding carboxylic acids is 1. The van der Waals surface area contributed by atoms with E-state index in [4.69, 9.17) is 0 Å². The first-order chi connectivity index (χ1) is 14.2. The van der Waals surface area contributed by atoms with Crippen molar-refractivity contribution in [3.63, 3.8) is 0 Å². The molecule has 29 heavy (non-hydrogen) atoms. The predicted molar refractivity (Wildman–Crippen MR) is 115 cm³/mol. The van der Waals surface area contributed by atoms with Crippen LogP contribution in [0.25, 0.3) is 11.4 Å². The zero-order chi connectivity index (χ0) is 20.2. The van der Waals surface area contributed by atoms with Crippen LogP contribution in [-0.4, -0.2) is 31.3 Å². The van der Waals surface area contributed by atoms with Gasteiger partial charge < -0.3 is 9.88 Å². The second-order valence-electron chi connectivity index (χ2n) is 6.49. The Morgan fingerprint density at radius 2 is 1.83 bits per heavy atom. The van der Waals surface area contributed by atoms with Crippen molar-refractivity contribution in [2.24, 2.45) is 0 Å². The molecule has 0 aliphatic rings. The van der Waals surface area contributed by atoms with Gasteiger partial charge in [0.25, 0.3) is 5.91 Å². The van der Waals surface area contributed by atoms with E-state index >= 15 is 0 Å². The number of nitrogens with zero attached hydrogens (tertiary/aromatic N) is 4. The Morgan fingerprint density at radius 1 is 1.03 bits per heavy atom. The smallest absolute Gasteiger partial charge is 0.251 e. The van der Waals surface area contributed by atoms with E-state index in [0.717, 1.165) is 27.9 Å². The van der Waals surface area contributed by atoms with Crippen molar-refractivity contribution in [1.29, 1.82) is 0 Å². The molecule has 0 unspecified atom stereocenters. The zero-order valence-electron chi connectivity index (χ0n) is 16.2. The maximum atomic E-state index is 12.8. The number of imidazole rings is 2. The molecule has 4 rings (SSSR count). The van der Waals surface area contributed by atoms with Gasteiger partial charge in [0.15, 0.2) is 5.16 Å². The van der Waals surface area contributed by atoms with E-state index in [1.54, 1.807) is 24.2 Å². The largest absolute Gasteiger partial charge is 0.348 e. The number of thioether (sulfide) groups is 1. The van der Waals surface area contributed by atoms with Gasteiger partial charge in [0.05, 0.1) is 5.69 Å². The molecule has 146 valence electrons. The zero-order valence-corrected chi connectivity index (χ0v) is 17.1. The monoisotopic (exact) mass is 403 g/mol. The number of rotatable bonds is 6. The Morgan fingerprint density at radius 3 is 2.62 bits per heavy atom. The third kappa shape index (κ3) is 3.95. The number of amides is 1. The van der Waals surface area contributed by atoms with E-state index in [-0.39, 0.29) is 5.91 Å². The average molecular weight is 404 g/mol. The Kier molecular flexibility index (Phi) is 5.48.